The van der Waals surface area contributed by atoms with Gasteiger partial charge in [-0.05, 0) is 19.5 Å². The fourth-order valence-corrected chi connectivity index (χ4v) is 1.59. The van der Waals surface area contributed by atoms with Crippen molar-refractivity contribution in [2.75, 3.05) is 13.2 Å². The lowest BCUT2D eigenvalue weighted by molar-refractivity contribution is -0.385. The average molecular weight is 268 g/mol. The number of carbonyl (C=O) groups is 1. The maximum absolute atomic E-state index is 10.9. The second-order valence-electron chi connectivity index (χ2n) is 3.92. The molecule has 0 saturated heterocycles. The van der Waals surface area contributed by atoms with Crippen LogP contribution < -0.4 is 10.1 Å². The molecule has 0 aliphatic rings. The van der Waals surface area contributed by atoms with Crippen LogP contribution in [0.15, 0.2) is 18.2 Å². The summed E-state index contributed by atoms with van der Waals surface area (Å²) in [5.41, 5.74) is 0.334. The lowest BCUT2D eigenvalue weighted by atomic mass is 10.2. The van der Waals surface area contributed by atoms with Crippen LogP contribution in [0.5, 0.6) is 5.75 Å². The molecule has 0 bridgehead atoms. The molecule has 1 aromatic rings. The summed E-state index contributed by atoms with van der Waals surface area (Å²) in [6, 6.07) is 3.61. The van der Waals surface area contributed by atoms with Crippen LogP contribution in [0.3, 0.4) is 0 Å². The van der Waals surface area contributed by atoms with Gasteiger partial charge in [0.15, 0.2) is 0 Å². The lowest BCUT2D eigenvalue weighted by Gasteiger charge is -2.15. The Morgan fingerprint density at radius 1 is 1.58 bits per heavy atom. The van der Waals surface area contributed by atoms with Crippen LogP contribution in [0.4, 0.5) is 5.69 Å². The molecule has 1 atom stereocenters. The molecule has 0 aliphatic heterocycles. The molecule has 0 amide bonds. The topological polar surface area (TPSA) is 102 Å². The predicted molar refractivity (Wildman–Crippen MR) is 68.4 cm³/mol. The molecule has 0 aromatic heterocycles. The third kappa shape index (κ3) is 3.92. The van der Waals surface area contributed by atoms with Crippen molar-refractivity contribution in [3.05, 3.63) is 33.9 Å². The normalized spacial score (nSPS) is 11.9. The minimum atomic E-state index is -1.02. The van der Waals surface area contributed by atoms with Crippen LogP contribution in [-0.2, 0) is 4.79 Å². The highest BCUT2D eigenvalue weighted by Gasteiger charge is 2.19. The Balaban J connectivity index is 2.80. The molecule has 7 heteroatoms. The minimum absolute atomic E-state index is 0.0483. The number of rotatable bonds is 7. The first-order chi connectivity index (χ1) is 8.97. The number of nitro benzene ring substituents is 1. The fourth-order valence-electron chi connectivity index (χ4n) is 1.59. The van der Waals surface area contributed by atoms with Crippen LogP contribution in [-0.4, -0.2) is 35.2 Å². The summed E-state index contributed by atoms with van der Waals surface area (Å²) in [6.07, 6.45) is 0. The van der Waals surface area contributed by atoms with E-state index in [0.29, 0.717) is 17.9 Å². The molecule has 0 saturated carbocycles. The van der Waals surface area contributed by atoms with E-state index in [1.807, 2.05) is 0 Å². The van der Waals surface area contributed by atoms with Gasteiger partial charge in [0.1, 0.15) is 18.4 Å². The van der Waals surface area contributed by atoms with Crippen molar-refractivity contribution in [1.29, 1.82) is 0 Å². The van der Waals surface area contributed by atoms with Gasteiger partial charge in [0, 0.05) is 6.07 Å². The molecule has 1 rings (SSSR count). The second kappa shape index (κ2) is 6.69. The molecule has 0 aliphatic carbocycles. The number of hydrogen-bond acceptors (Lipinski definition) is 5. The molecule has 0 heterocycles. The first-order valence-corrected chi connectivity index (χ1v) is 5.80. The summed E-state index contributed by atoms with van der Waals surface area (Å²) < 4.78 is 5.36. The first kappa shape index (κ1) is 14.9. The highest BCUT2D eigenvalue weighted by Crippen LogP contribution is 2.26. The van der Waals surface area contributed by atoms with E-state index in [1.165, 1.54) is 12.1 Å². The largest absolute Gasteiger partial charge is 0.491 e. The van der Waals surface area contributed by atoms with Gasteiger partial charge in [0.25, 0.3) is 5.69 Å². The van der Waals surface area contributed by atoms with Gasteiger partial charge in [0.2, 0.25) is 0 Å². The Bertz CT molecular complexity index is 475. The molecular weight excluding hydrogens is 252 g/mol. The van der Waals surface area contributed by atoms with Gasteiger partial charge < -0.3 is 15.2 Å². The summed E-state index contributed by atoms with van der Waals surface area (Å²) in [5.74, 6) is -0.705. The van der Waals surface area contributed by atoms with Crippen molar-refractivity contribution in [2.45, 2.75) is 19.9 Å². The monoisotopic (exact) mass is 268 g/mol. The van der Waals surface area contributed by atoms with Gasteiger partial charge in [0.05, 0.1) is 10.5 Å². The molecule has 2 N–H and O–H groups in total. The van der Waals surface area contributed by atoms with Crippen molar-refractivity contribution >= 4 is 11.7 Å². The SMILES string of the molecule is CCNC(COc1cccc([N+](=O)[O-])c1C)C(=O)O. The van der Waals surface area contributed by atoms with Crippen LogP contribution in [0, 0.1) is 17.0 Å². The molecule has 1 unspecified atom stereocenters. The van der Waals surface area contributed by atoms with Crippen LogP contribution in [0.25, 0.3) is 0 Å². The van der Waals surface area contributed by atoms with Gasteiger partial charge in [-0.2, -0.15) is 0 Å². The van der Waals surface area contributed by atoms with Crippen LogP contribution >= 0.6 is 0 Å². The van der Waals surface area contributed by atoms with E-state index in [-0.39, 0.29) is 12.3 Å². The van der Waals surface area contributed by atoms with E-state index in [1.54, 1.807) is 19.9 Å². The summed E-state index contributed by atoms with van der Waals surface area (Å²) in [7, 11) is 0. The van der Waals surface area contributed by atoms with E-state index < -0.39 is 16.9 Å². The number of carboxylic acid groups (broad SMARTS) is 1. The van der Waals surface area contributed by atoms with Crippen molar-refractivity contribution in [3.8, 4) is 5.75 Å². The molecular formula is C12H16N2O5. The van der Waals surface area contributed by atoms with Crippen LogP contribution in [0.1, 0.15) is 12.5 Å². The Hall–Kier alpha value is -2.15. The van der Waals surface area contributed by atoms with Crippen molar-refractivity contribution < 1.29 is 19.6 Å². The quantitative estimate of drug-likeness (QED) is 0.571. The number of hydrogen-bond donors (Lipinski definition) is 2. The number of benzene rings is 1. The van der Waals surface area contributed by atoms with Crippen molar-refractivity contribution in [1.82, 2.24) is 5.32 Å². The predicted octanol–water partition coefficient (Wildman–Crippen LogP) is 1.34. The maximum atomic E-state index is 10.9. The van der Waals surface area contributed by atoms with Gasteiger partial charge >= 0.3 is 5.97 Å². The standard InChI is InChI=1S/C12H16N2O5/c1-3-13-9(12(15)16)7-19-11-6-4-5-10(8(11)2)14(17)18/h4-6,9,13H,3,7H2,1-2H3,(H,15,16). The summed E-state index contributed by atoms with van der Waals surface area (Å²) in [6.45, 7) is 3.75. The van der Waals surface area contributed by atoms with Gasteiger partial charge in [-0.15, -0.1) is 0 Å². The van der Waals surface area contributed by atoms with Crippen molar-refractivity contribution in [2.24, 2.45) is 0 Å². The number of aliphatic carboxylic acids is 1. The highest BCUT2D eigenvalue weighted by molar-refractivity contribution is 5.73. The molecule has 0 fully saturated rings. The maximum Gasteiger partial charge on any atom is 0.324 e. The number of nitrogens with zero attached hydrogens (tertiary/aromatic N) is 1. The lowest BCUT2D eigenvalue weighted by Crippen LogP contribution is -2.41. The van der Waals surface area contributed by atoms with E-state index in [2.05, 4.69) is 5.32 Å². The number of nitrogens with one attached hydrogen (secondary N) is 1. The number of carboxylic acids is 1. The molecule has 7 nitrogen and oxygen atoms in total. The Morgan fingerprint density at radius 2 is 2.26 bits per heavy atom. The molecule has 19 heavy (non-hydrogen) atoms. The Labute approximate surface area is 110 Å². The molecule has 0 radical (unpaired) electrons. The molecule has 104 valence electrons. The summed E-state index contributed by atoms with van der Waals surface area (Å²) >= 11 is 0. The minimum Gasteiger partial charge on any atom is -0.491 e. The highest BCUT2D eigenvalue weighted by atomic mass is 16.6. The van der Waals surface area contributed by atoms with E-state index in [4.69, 9.17) is 9.84 Å². The van der Waals surface area contributed by atoms with Gasteiger partial charge in [-0.25, -0.2) is 0 Å². The number of nitro groups is 1. The zero-order chi connectivity index (χ0) is 14.4. The third-order valence-corrected chi connectivity index (χ3v) is 2.61. The Kier molecular flexibility index (Phi) is 5.25. The Morgan fingerprint density at radius 3 is 2.79 bits per heavy atom. The number of likely N-dealkylation sites (N-methyl/N-ethyl adjacent to an activating group) is 1. The average Bonchev–Trinajstić information content (AvgIpc) is 2.35. The molecule has 1 aromatic carbocycles. The molecule has 0 spiro atoms. The van der Waals surface area contributed by atoms with E-state index in [9.17, 15) is 14.9 Å². The zero-order valence-electron chi connectivity index (χ0n) is 10.8. The van der Waals surface area contributed by atoms with E-state index in [0.717, 1.165) is 0 Å². The van der Waals surface area contributed by atoms with Gasteiger partial charge in [-0.1, -0.05) is 13.0 Å². The zero-order valence-corrected chi connectivity index (χ0v) is 10.8. The smallest absolute Gasteiger partial charge is 0.324 e. The fraction of sp³-hybridized carbons (Fsp3) is 0.417. The third-order valence-electron chi connectivity index (χ3n) is 2.61. The van der Waals surface area contributed by atoms with Gasteiger partial charge in [-0.3, -0.25) is 14.9 Å². The van der Waals surface area contributed by atoms with E-state index >= 15 is 0 Å². The van der Waals surface area contributed by atoms with Crippen LogP contribution in [0.2, 0.25) is 0 Å². The summed E-state index contributed by atoms with van der Waals surface area (Å²) in [4.78, 5) is 21.2. The van der Waals surface area contributed by atoms with Crippen molar-refractivity contribution in [3.63, 3.8) is 0 Å². The number of ether oxygens (including phenoxy) is 1. The first-order valence-electron chi connectivity index (χ1n) is 5.80. The second-order valence-corrected chi connectivity index (χ2v) is 3.92. The summed E-state index contributed by atoms with van der Waals surface area (Å²) in [5, 5.41) is 22.5.